The molecule has 1 aromatic rings. The molecule has 0 saturated heterocycles. The van der Waals surface area contributed by atoms with Crippen molar-refractivity contribution in [3.05, 3.63) is 11.1 Å². The van der Waals surface area contributed by atoms with Crippen molar-refractivity contribution in [1.82, 2.24) is 4.98 Å². The lowest BCUT2D eigenvalue weighted by atomic mass is 10.2. The van der Waals surface area contributed by atoms with Gasteiger partial charge in [0.15, 0.2) is 5.13 Å². The number of hydrogen-bond donors (Lipinski definition) is 1. The number of rotatable bonds is 8. The highest BCUT2D eigenvalue weighted by atomic mass is 32.1. The fourth-order valence-electron chi connectivity index (χ4n) is 1.52. The fourth-order valence-corrected chi connectivity index (χ4v) is 2.37. The van der Waals surface area contributed by atoms with Crippen LogP contribution in [0, 0.1) is 0 Å². The maximum absolute atomic E-state index is 10.5. The lowest BCUT2D eigenvalue weighted by Gasteiger charge is -2.14. The number of carboxylic acids is 1. The van der Waals surface area contributed by atoms with E-state index < -0.39 is 5.97 Å². The molecular formula is C12H20N2O2S. The molecule has 5 heteroatoms. The Morgan fingerprint density at radius 2 is 2.29 bits per heavy atom. The molecular weight excluding hydrogens is 236 g/mol. The van der Waals surface area contributed by atoms with Gasteiger partial charge in [-0.2, -0.15) is 0 Å². The SMILES string of the molecule is CCCCCN(C)c1nc(CCC(=O)O)cs1. The fraction of sp³-hybridized carbons (Fsp3) is 0.667. The number of aryl methyl sites for hydroxylation is 1. The van der Waals surface area contributed by atoms with Gasteiger partial charge < -0.3 is 10.0 Å². The molecule has 0 unspecified atom stereocenters. The number of anilines is 1. The second kappa shape index (κ2) is 7.27. The minimum Gasteiger partial charge on any atom is -0.481 e. The first kappa shape index (κ1) is 14.0. The van der Waals surface area contributed by atoms with Crippen LogP contribution < -0.4 is 4.90 Å². The van der Waals surface area contributed by atoms with Crippen LogP contribution in [0.2, 0.25) is 0 Å². The van der Waals surface area contributed by atoms with E-state index in [9.17, 15) is 4.79 Å². The number of nitrogens with zero attached hydrogens (tertiary/aromatic N) is 2. The van der Waals surface area contributed by atoms with Gasteiger partial charge >= 0.3 is 5.97 Å². The molecule has 96 valence electrons. The standard InChI is InChI=1S/C12H20N2O2S/c1-3-4-5-8-14(2)12-13-10(9-17-12)6-7-11(15)16/h9H,3-8H2,1-2H3,(H,15,16). The summed E-state index contributed by atoms with van der Waals surface area (Å²) in [6, 6.07) is 0. The van der Waals surface area contributed by atoms with Crippen LogP contribution in [0.5, 0.6) is 0 Å². The highest BCUT2D eigenvalue weighted by Crippen LogP contribution is 2.20. The topological polar surface area (TPSA) is 53.4 Å². The molecule has 0 fully saturated rings. The third-order valence-electron chi connectivity index (χ3n) is 2.56. The first-order valence-electron chi connectivity index (χ1n) is 6.00. The highest BCUT2D eigenvalue weighted by Gasteiger charge is 2.07. The molecule has 1 rings (SSSR count). The van der Waals surface area contributed by atoms with Crippen molar-refractivity contribution < 1.29 is 9.90 Å². The Morgan fingerprint density at radius 3 is 2.94 bits per heavy atom. The number of thiazole rings is 1. The van der Waals surface area contributed by atoms with E-state index in [1.54, 1.807) is 11.3 Å². The van der Waals surface area contributed by atoms with Gasteiger partial charge in [0, 0.05) is 25.4 Å². The average Bonchev–Trinajstić information content (AvgIpc) is 2.75. The zero-order valence-electron chi connectivity index (χ0n) is 10.5. The van der Waals surface area contributed by atoms with Crippen LogP contribution in [0.15, 0.2) is 5.38 Å². The molecule has 0 spiro atoms. The number of carboxylic acid groups (broad SMARTS) is 1. The number of unbranched alkanes of at least 4 members (excludes halogenated alkanes) is 2. The summed E-state index contributed by atoms with van der Waals surface area (Å²) in [6.45, 7) is 3.20. The first-order valence-corrected chi connectivity index (χ1v) is 6.88. The van der Waals surface area contributed by atoms with E-state index in [0.29, 0.717) is 6.42 Å². The zero-order chi connectivity index (χ0) is 12.7. The lowest BCUT2D eigenvalue weighted by molar-refractivity contribution is -0.136. The predicted octanol–water partition coefficient (Wildman–Crippen LogP) is 2.79. The van der Waals surface area contributed by atoms with Gasteiger partial charge in [-0.15, -0.1) is 11.3 Å². The van der Waals surface area contributed by atoms with Crippen molar-refractivity contribution in [1.29, 1.82) is 0 Å². The van der Waals surface area contributed by atoms with Crippen LogP contribution in [0.25, 0.3) is 0 Å². The normalized spacial score (nSPS) is 10.5. The first-order chi connectivity index (χ1) is 8.13. The summed E-state index contributed by atoms with van der Waals surface area (Å²) >= 11 is 1.59. The molecule has 0 aliphatic heterocycles. The Balaban J connectivity index is 2.40. The van der Waals surface area contributed by atoms with Crippen molar-refractivity contribution in [3.8, 4) is 0 Å². The second-order valence-electron chi connectivity index (χ2n) is 4.14. The van der Waals surface area contributed by atoms with Crippen molar-refractivity contribution >= 4 is 22.4 Å². The van der Waals surface area contributed by atoms with Gasteiger partial charge in [-0.1, -0.05) is 19.8 Å². The van der Waals surface area contributed by atoms with Crippen molar-refractivity contribution in [3.63, 3.8) is 0 Å². The van der Waals surface area contributed by atoms with E-state index in [4.69, 9.17) is 5.11 Å². The molecule has 4 nitrogen and oxygen atoms in total. The second-order valence-corrected chi connectivity index (χ2v) is 4.98. The molecule has 0 amide bonds. The van der Waals surface area contributed by atoms with Gasteiger partial charge in [0.1, 0.15) is 0 Å². The zero-order valence-corrected chi connectivity index (χ0v) is 11.3. The monoisotopic (exact) mass is 256 g/mol. The molecule has 17 heavy (non-hydrogen) atoms. The Kier molecular flexibility index (Phi) is 5.97. The van der Waals surface area contributed by atoms with E-state index in [1.165, 1.54) is 19.3 Å². The molecule has 0 bridgehead atoms. The summed E-state index contributed by atoms with van der Waals surface area (Å²) in [5.41, 5.74) is 0.884. The Bertz CT molecular complexity index is 352. The molecule has 1 aromatic heterocycles. The van der Waals surface area contributed by atoms with E-state index in [1.807, 2.05) is 12.4 Å². The third kappa shape index (κ3) is 5.17. The van der Waals surface area contributed by atoms with E-state index >= 15 is 0 Å². The Labute approximate surface area is 106 Å². The smallest absolute Gasteiger partial charge is 0.303 e. The summed E-state index contributed by atoms with van der Waals surface area (Å²) in [5.74, 6) is -0.768. The summed E-state index contributed by atoms with van der Waals surface area (Å²) in [6.07, 6.45) is 4.31. The average molecular weight is 256 g/mol. The molecule has 0 radical (unpaired) electrons. The predicted molar refractivity (Wildman–Crippen MR) is 70.9 cm³/mol. The van der Waals surface area contributed by atoms with Gasteiger partial charge in [0.2, 0.25) is 0 Å². The van der Waals surface area contributed by atoms with Crippen molar-refractivity contribution in [2.24, 2.45) is 0 Å². The van der Waals surface area contributed by atoms with Gasteiger partial charge in [-0.3, -0.25) is 4.79 Å². The Morgan fingerprint density at radius 1 is 1.53 bits per heavy atom. The van der Waals surface area contributed by atoms with Gasteiger partial charge in [-0.25, -0.2) is 4.98 Å². The van der Waals surface area contributed by atoms with E-state index in [-0.39, 0.29) is 6.42 Å². The van der Waals surface area contributed by atoms with Crippen LogP contribution in [-0.2, 0) is 11.2 Å². The quantitative estimate of drug-likeness (QED) is 0.727. The van der Waals surface area contributed by atoms with Crippen LogP contribution in [-0.4, -0.2) is 29.7 Å². The van der Waals surface area contributed by atoms with Crippen LogP contribution in [0.1, 0.15) is 38.3 Å². The number of hydrogen-bond acceptors (Lipinski definition) is 4. The summed E-state index contributed by atoms with van der Waals surface area (Å²) in [4.78, 5) is 17.0. The minimum atomic E-state index is -0.768. The molecule has 0 atom stereocenters. The summed E-state index contributed by atoms with van der Waals surface area (Å²) in [7, 11) is 2.04. The maximum atomic E-state index is 10.5. The van der Waals surface area contributed by atoms with Crippen molar-refractivity contribution in [2.45, 2.75) is 39.0 Å². The van der Waals surface area contributed by atoms with Crippen molar-refractivity contribution in [2.75, 3.05) is 18.5 Å². The molecule has 1 N–H and O–H groups in total. The van der Waals surface area contributed by atoms with Crippen LogP contribution in [0.3, 0.4) is 0 Å². The summed E-state index contributed by atoms with van der Waals surface area (Å²) < 4.78 is 0. The number of aliphatic carboxylic acids is 1. The molecule has 0 aliphatic rings. The number of aromatic nitrogens is 1. The van der Waals surface area contributed by atoms with Crippen LogP contribution in [0.4, 0.5) is 5.13 Å². The van der Waals surface area contributed by atoms with E-state index in [2.05, 4.69) is 16.8 Å². The third-order valence-corrected chi connectivity index (χ3v) is 3.56. The molecule has 0 aromatic carbocycles. The molecule has 0 saturated carbocycles. The van der Waals surface area contributed by atoms with E-state index in [0.717, 1.165) is 17.4 Å². The molecule has 0 aliphatic carbocycles. The minimum absolute atomic E-state index is 0.155. The van der Waals surface area contributed by atoms with Gasteiger partial charge in [0.05, 0.1) is 12.1 Å². The Hall–Kier alpha value is -1.10. The molecule has 1 heterocycles. The number of carbonyl (C=O) groups is 1. The largest absolute Gasteiger partial charge is 0.481 e. The maximum Gasteiger partial charge on any atom is 0.303 e. The summed E-state index contributed by atoms with van der Waals surface area (Å²) in [5, 5.41) is 11.5. The lowest BCUT2D eigenvalue weighted by Crippen LogP contribution is -2.18. The van der Waals surface area contributed by atoms with Crippen LogP contribution >= 0.6 is 11.3 Å². The highest BCUT2D eigenvalue weighted by molar-refractivity contribution is 7.13. The van der Waals surface area contributed by atoms with Gasteiger partial charge in [0.25, 0.3) is 0 Å². The van der Waals surface area contributed by atoms with Gasteiger partial charge in [-0.05, 0) is 6.42 Å².